The lowest BCUT2D eigenvalue weighted by Gasteiger charge is -2.33. The summed E-state index contributed by atoms with van der Waals surface area (Å²) in [7, 11) is 1.60. The van der Waals surface area contributed by atoms with Crippen LogP contribution in [0.1, 0.15) is 18.4 Å². The molecule has 0 N–H and O–H groups in total. The predicted molar refractivity (Wildman–Crippen MR) is 71.0 cm³/mol. The molecular weight excluding hydrogens is 259 g/mol. The molecule has 0 aliphatic carbocycles. The fourth-order valence-corrected chi connectivity index (χ4v) is 2.41. The van der Waals surface area contributed by atoms with Gasteiger partial charge in [0, 0.05) is 32.4 Å². The second-order valence-electron chi connectivity index (χ2n) is 5.06. The third-order valence-electron chi connectivity index (χ3n) is 3.68. The molecule has 0 bridgehead atoms. The minimum atomic E-state index is -1.03. The Kier molecular flexibility index (Phi) is 4.35. The maximum atomic E-state index is 13.6. The van der Waals surface area contributed by atoms with Crippen LogP contribution in [0.2, 0.25) is 0 Å². The van der Waals surface area contributed by atoms with Gasteiger partial charge in [0.15, 0.2) is 0 Å². The summed E-state index contributed by atoms with van der Waals surface area (Å²) in [6.45, 7) is 0.982. The third-order valence-corrected chi connectivity index (χ3v) is 3.68. The molecule has 0 spiro atoms. The Morgan fingerprint density at radius 2 is 2.10 bits per heavy atom. The summed E-state index contributed by atoms with van der Waals surface area (Å²) < 4.78 is 18.8. The summed E-state index contributed by atoms with van der Waals surface area (Å²) >= 11 is 0. The highest BCUT2D eigenvalue weighted by Gasteiger charge is 2.42. The number of nitriles is 1. The largest absolute Gasteiger partial charge is 0.381 e. The normalized spacial score (nSPS) is 17.2. The van der Waals surface area contributed by atoms with Crippen molar-refractivity contribution >= 4 is 5.91 Å². The number of amides is 1. The lowest BCUT2D eigenvalue weighted by Crippen LogP contribution is -2.44. The van der Waals surface area contributed by atoms with E-state index in [4.69, 9.17) is 4.74 Å². The van der Waals surface area contributed by atoms with E-state index in [1.807, 2.05) is 0 Å². The highest BCUT2D eigenvalue weighted by Crippen LogP contribution is 2.32. The second kappa shape index (κ2) is 6.02. The van der Waals surface area contributed by atoms with Crippen LogP contribution in [0.5, 0.6) is 0 Å². The van der Waals surface area contributed by atoms with Crippen LogP contribution >= 0.6 is 0 Å². The van der Waals surface area contributed by atoms with Crippen molar-refractivity contribution in [2.45, 2.75) is 19.4 Å². The Morgan fingerprint density at radius 3 is 2.70 bits per heavy atom. The van der Waals surface area contributed by atoms with E-state index in [2.05, 4.69) is 6.07 Å². The van der Waals surface area contributed by atoms with Gasteiger partial charge < -0.3 is 9.64 Å². The third kappa shape index (κ3) is 2.81. The predicted octanol–water partition coefficient (Wildman–Crippen LogP) is 2.10. The first-order valence-electron chi connectivity index (χ1n) is 6.57. The monoisotopic (exact) mass is 276 g/mol. The molecule has 4 nitrogen and oxygen atoms in total. The van der Waals surface area contributed by atoms with Crippen LogP contribution in [0, 0.1) is 22.6 Å². The van der Waals surface area contributed by atoms with Crippen molar-refractivity contribution in [3.63, 3.8) is 0 Å². The summed E-state index contributed by atoms with van der Waals surface area (Å²) in [5.74, 6) is -0.600. The van der Waals surface area contributed by atoms with Crippen molar-refractivity contribution in [3.8, 4) is 6.07 Å². The zero-order valence-corrected chi connectivity index (χ0v) is 11.4. The fraction of sp³-hybridized carbons (Fsp3) is 0.467. The molecular formula is C15H17FN2O2. The van der Waals surface area contributed by atoms with Gasteiger partial charge in [-0.2, -0.15) is 5.26 Å². The van der Waals surface area contributed by atoms with Crippen molar-refractivity contribution in [2.75, 3.05) is 20.3 Å². The second-order valence-corrected chi connectivity index (χ2v) is 5.06. The van der Waals surface area contributed by atoms with E-state index in [0.717, 1.165) is 0 Å². The van der Waals surface area contributed by atoms with Crippen LogP contribution in [0.25, 0.3) is 0 Å². The number of hydrogen-bond acceptors (Lipinski definition) is 3. The Bertz CT molecular complexity index is 533. The van der Waals surface area contributed by atoms with Crippen molar-refractivity contribution in [1.82, 2.24) is 4.90 Å². The molecule has 5 heteroatoms. The topological polar surface area (TPSA) is 53.3 Å². The summed E-state index contributed by atoms with van der Waals surface area (Å²) in [5.41, 5.74) is -0.582. The van der Waals surface area contributed by atoms with Gasteiger partial charge in [-0.25, -0.2) is 4.39 Å². The molecule has 0 radical (unpaired) electrons. The zero-order chi connectivity index (χ0) is 14.6. The number of ether oxygens (including phenoxy) is 1. The van der Waals surface area contributed by atoms with Gasteiger partial charge in [-0.1, -0.05) is 18.2 Å². The summed E-state index contributed by atoms with van der Waals surface area (Å²) in [6.07, 6.45) is 0.786. The number of hydrogen-bond donors (Lipinski definition) is 0. The zero-order valence-electron chi connectivity index (χ0n) is 11.4. The van der Waals surface area contributed by atoms with E-state index in [-0.39, 0.29) is 18.3 Å². The van der Waals surface area contributed by atoms with Crippen LogP contribution in [-0.4, -0.2) is 31.1 Å². The van der Waals surface area contributed by atoms with Gasteiger partial charge in [0.2, 0.25) is 5.91 Å². The Morgan fingerprint density at radius 1 is 1.45 bits per heavy atom. The van der Waals surface area contributed by atoms with Crippen LogP contribution in [0.3, 0.4) is 0 Å². The van der Waals surface area contributed by atoms with E-state index >= 15 is 0 Å². The molecule has 0 atom stereocenters. The molecule has 1 heterocycles. The van der Waals surface area contributed by atoms with Gasteiger partial charge in [0.1, 0.15) is 11.2 Å². The first kappa shape index (κ1) is 14.5. The molecule has 1 aromatic carbocycles. The molecule has 1 fully saturated rings. The number of halogens is 1. The molecule has 0 aromatic heterocycles. The Labute approximate surface area is 117 Å². The first-order chi connectivity index (χ1) is 9.59. The first-order valence-corrected chi connectivity index (χ1v) is 6.57. The van der Waals surface area contributed by atoms with Crippen molar-refractivity contribution < 1.29 is 13.9 Å². The summed E-state index contributed by atoms with van der Waals surface area (Å²) in [5, 5.41) is 9.35. The Hall–Kier alpha value is -1.93. The molecule has 0 saturated carbocycles. The van der Waals surface area contributed by atoms with Crippen LogP contribution in [-0.2, 0) is 16.1 Å². The molecule has 106 valence electrons. The van der Waals surface area contributed by atoms with Crippen molar-refractivity contribution in [2.24, 2.45) is 5.41 Å². The number of carbonyl (C=O) groups excluding carboxylic acids is 1. The average Bonchev–Trinajstić information content (AvgIpc) is 2.49. The molecule has 1 amide bonds. The number of benzene rings is 1. The van der Waals surface area contributed by atoms with E-state index in [1.165, 1.54) is 11.0 Å². The minimum Gasteiger partial charge on any atom is -0.381 e. The maximum Gasteiger partial charge on any atom is 0.243 e. The molecule has 1 aliphatic heterocycles. The van der Waals surface area contributed by atoms with Crippen molar-refractivity contribution in [1.29, 1.82) is 5.26 Å². The Balaban J connectivity index is 2.12. The van der Waals surface area contributed by atoms with Gasteiger partial charge in [0.25, 0.3) is 0 Å². The highest BCUT2D eigenvalue weighted by molar-refractivity contribution is 5.85. The SMILES string of the molecule is CN(Cc1ccccc1F)C(=O)C1(C#N)CCOCC1. The molecule has 20 heavy (non-hydrogen) atoms. The molecule has 1 aliphatic rings. The van der Waals surface area contributed by atoms with E-state index in [1.54, 1.807) is 25.2 Å². The van der Waals surface area contributed by atoms with Crippen molar-refractivity contribution in [3.05, 3.63) is 35.6 Å². The minimum absolute atomic E-state index is 0.162. The quantitative estimate of drug-likeness (QED) is 0.849. The fourth-order valence-electron chi connectivity index (χ4n) is 2.41. The van der Waals surface area contributed by atoms with E-state index in [0.29, 0.717) is 31.6 Å². The molecule has 1 saturated heterocycles. The average molecular weight is 276 g/mol. The van der Waals surface area contributed by atoms with Gasteiger partial charge in [0.05, 0.1) is 6.07 Å². The number of rotatable bonds is 3. The van der Waals surface area contributed by atoms with Gasteiger partial charge >= 0.3 is 0 Å². The van der Waals surface area contributed by atoms with Crippen LogP contribution in [0.15, 0.2) is 24.3 Å². The van der Waals surface area contributed by atoms with E-state index in [9.17, 15) is 14.4 Å². The van der Waals surface area contributed by atoms with Gasteiger partial charge in [-0.05, 0) is 18.9 Å². The molecule has 2 rings (SSSR count). The number of carbonyl (C=O) groups is 1. The van der Waals surface area contributed by atoms with Crippen LogP contribution in [0.4, 0.5) is 4.39 Å². The number of nitrogens with zero attached hydrogens (tertiary/aromatic N) is 2. The lowest BCUT2D eigenvalue weighted by atomic mass is 9.80. The summed E-state index contributed by atoms with van der Waals surface area (Å²) in [4.78, 5) is 13.9. The van der Waals surface area contributed by atoms with Gasteiger partial charge in [-0.3, -0.25) is 4.79 Å². The smallest absolute Gasteiger partial charge is 0.243 e. The van der Waals surface area contributed by atoms with Gasteiger partial charge in [-0.15, -0.1) is 0 Å². The van der Waals surface area contributed by atoms with Crippen LogP contribution < -0.4 is 0 Å². The highest BCUT2D eigenvalue weighted by atomic mass is 19.1. The van der Waals surface area contributed by atoms with E-state index < -0.39 is 5.41 Å². The summed E-state index contributed by atoms with van der Waals surface area (Å²) in [6, 6.07) is 8.47. The molecule has 0 unspecified atom stereocenters. The molecule has 1 aromatic rings. The standard InChI is InChI=1S/C15H17FN2O2/c1-18(10-12-4-2-3-5-13(12)16)14(19)15(11-17)6-8-20-9-7-15/h2-5H,6-10H2,1H3. The lowest BCUT2D eigenvalue weighted by molar-refractivity contribution is -0.142. The maximum absolute atomic E-state index is 13.6.